The largest absolute Gasteiger partial charge is 0.465 e. The van der Waals surface area contributed by atoms with E-state index in [1.165, 1.54) is 37.6 Å². The molecule has 0 spiro atoms. The van der Waals surface area contributed by atoms with Gasteiger partial charge in [-0.05, 0) is 25.1 Å². The lowest BCUT2D eigenvalue weighted by Gasteiger charge is -2.06. The number of pyridine rings is 1. The summed E-state index contributed by atoms with van der Waals surface area (Å²) >= 11 is 0. The minimum absolute atomic E-state index is 0.0342. The second-order valence-corrected chi connectivity index (χ2v) is 5.77. The van der Waals surface area contributed by atoms with Gasteiger partial charge in [-0.2, -0.15) is 8.42 Å². The summed E-state index contributed by atoms with van der Waals surface area (Å²) in [5, 5.41) is 0. The molecule has 6 nitrogen and oxygen atoms in total. The van der Waals surface area contributed by atoms with E-state index in [1.807, 2.05) is 6.92 Å². The normalized spacial score (nSPS) is 11.0. The summed E-state index contributed by atoms with van der Waals surface area (Å²) < 4.78 is 33.5. The van der Waals surface area contributed by atoms with Crippen LogP contribution in [-0.2, 0) is 14.9 Å². The highest BCUT2D eigenvalue weighted by molar-refractivity contribution is 7.87. The van der Waals surface area contributed by atoms with Gasteiger partial charge in [0.25, 0.3) is 0 Å². The Hall–Kier alpha value is -2.41. The lowest BCUT2D eigenvalue weighted by atomic mass is 10.2. The lowest BCUT2D eigenvalue weighted by molar-refractivity contribution is 0.0600. The highest BCUT2D eigenvalue weighted by Crippen LogP contribution is 2.17. The molecule has 2 aromatic rings. The zero-order valence-electron chi connectivity index (χ0n) is 11.4. The maximum Gasteiger partial charge on any atom is 0.340 e. The number of hydrogen-bond acceptors (Lipinski definition) is 6. The first-order chi connectivity index (χ1) is 9.92. The van der Waals surface area contributed by atoms with E-state index in [1.54, 1.807) is 12.1 Å². The smallest absolute Gasteiger partial charge is 0.340 e. The Morgan fingerprint density at radius 3 is 2.29 bits per heavy atom. The summed E-state index contributed by atoms with van der Waals surface area (Å²) in [6.45, 7) is 1.85. The first kappa shape index (κ1) is 15.0. The van der Waals surface area contributed by atoms with Gasteiger partial charge in [-0.25, -0.2) is 9.78 Å². The van der Waals surface area contributed by atoms with Crippen LogP contribution in [-0.4, -0.2) is 26.5 Å². The van der Waals surface area contributed by atoms with Crippen molar-refractivity contribution in [3.63, 3.8) is 0 Å². The average molecular weight is 307 g/mol. The number of hydrogen-bond donors (Lipinski definition) is 0. The number of aromatic nitrogens is 1. The average Bonchev–Trinajstić information content (AvgIpc) is 2.47. The summed E-state index contributed by atoms with van der Waals surface area (Å²) in [5.41, 5.74) is 1.15. The van der Waals surface area contributed by atoms with E-state index in [-0.39, 0.29) is 16.3 Å². The van der Waals surface area contributed by atoms with Crippen molar-refractivity contribution in [3.05, 3.63) is 53.7 Å². The number of carbonyl (C=O) groups excluding carboxylic acids is 1. The van der Waals surface area contributed by atoms with Gasteiger partial charge in [0, 0.05) is 12.3 Å². The maximum atomic E-state index is 12.0. The van der Waals surface area contributed by atoms with Crippen LogP contribution in [0.5, 0.6) is 5.88 Å². The van der Waals surface area contributed by atoms with Crippen molar-refractivity contribution in [2.45, 2.75) is 11.8 Å². The molecule has 0 aliphatic carbocycles. The summed E-state index contributed by atoms with van der Waals surface area (Å²) in [4.78, 5) is 15.1. The van der Waals surface area contributed by atoms with Gasteiger partial charge in [0.15, 0.2) is 0 Å². The number of ether oxygens (including phenoxy) is 1. The van der Waals surface area contributed by atoms with E-state index in [9.17, 15) is 13.2 Å². The van der Waals surface area contributed by atoms with E-state index in [4.69, 9.17) is 4.18 Å². The van der Waals surface area contributed by atoms with E-state index < -0.39 is 16.1 Å². The fourth-order valence-electron chi connectivity index (χ4n) is 1.53. The molecule has 0 unspecified atom stereocenters. The summed E-state index contributed by atoms with van der Waals surface area (Å²) in [5.74, 6) is -0.682. The number of esters is 1. The van der Waals surface area contributed by atoms with E-state index in [0.717, 1.165) is 5.56 Å². The van der Waals surface area contributed by atoms with Gasteiger partial charge in [0.1, 0.15) is 4.90 Å². The third kappa shape index (κ3) is 3.57. The number of benzene rings is 1. The van der Waals surface area contributed by atoms with Crippen LogP contribution in [0.2, 0.25) is 0 Å². The third-order valence-corrected chi connectivity index (χ3v) is 3.90. The zero-order valence-corrected chi connectivity index (χ0v) is 12.3. The summed E-state index contributed by atoms with van der Waals surface area (Å²) in [6.07, 6.45) is 1.19. The SMILES string of the molecule is COC(=O)c1ccc(OS(=O)(=O)c2ccc(C)cc2)nc1. The number of methoxy groups -OCH3 is 1. The van der Waals surface area contributed by atoms with Gasteiger partial charge in [-0.1, -0.05) is 17.7 Å². The molecule has 0 amide bonds. The molecule has 0 bridgehead atoms. The van der Waals surface area contributed by atoms with E-state index in [0.29, 0.717) is 0 Å². The Morgan fingerprint density at radius 1 is 1.10 bits per heavy atom. The molecule has 0 saturated heterocycles. The quantitative estimate of drug-likeness (QED) is 0.634. The first-order valence-electron chi connectivity index (χ1n) is 5.98. The van der Waals surface area contributed by atoms with Crippen LogP contribution in [0, 0.1) is 6.92 Å². The Balaban J connectivity index is 2.20. The highest BCUT2D eigenvalue weighted by Gasteiger charge is 2.17. The lowest BCUT2D eigenvalue weighted by Crippen LogP contribution is -2.11. The number of rotatable bonds is 4. The molecule has 0 saturated carbocycles. The van der Waals surface area contributed by atoms with Crippen LogP contribution in [0.3, 0.4) is 0 Å². The van der Waals surface area contributed by atoms with E-state index in [2.05, 4.69) is 9.72 Å². The van der Waals surface area contributed by atoms with Crippen LogP contribution in [0.25, 0.3) is 0 Å². The maximum absolute atomic E-state index is 12.0. The molecule has 1 aromatic heterocycles. The van der Waals surface area contributed by atoms with Crippen LogP contribution in [0.1, 0.15) is 15.9 Å². The Labute approximate surface area is 122 Å². The number of nitrogens with zero attached hydrogens (tertiary/aromatic N) is 1. The fourth-order valence-corrected chi connectivity index (χ4v) is 2.42. The summed E-state index contributed by atoms with van der Waals surface area (Å²) in [6, 6.07) is 8.91. The second-order valence-electron chi connectivity index (χ2n) is 4.23. The third-order valence-electron chi connectivity index (χ3n) is 2.66. The second kappa shape index (κ2) is 5.92. The highest BCUT2D eigenvalue weighted by atomic mass is 32.2. The molecular weight excluding hydrogens is 294 g/mol. The fraction of sp³-hybridized carbons (Fsp3) is 0.143. The van der Waals surface area contributed by atoms with Gasteiger partial charge in [0.2, 0.25) is 5.88 Å². The van der Waals surface area contributed by atoms with Gasteiger partial charge in [-0.15, -0.1) is 0 Å². The molecular formula is C14H13NO5S. The minimum Gasteiger partial charge on any atom is -0.465 e. The first-order valence-corrected chi connectivity index (χ1v) is 7.39. The molecule has 1 aromatic carbocycles. The van der Waals surface area contributed by atoms with Crippen LogP contribution >= 0.6 is 0 Å². The van der Waals surface area contributed by atoms with Gasteiger partial charge in [-0.3, -0.25) is 0 Å². The molecule has 0 atom stereocenters. The van der Waals surface area contributed by atoms with Crippen molar-refractivity contribution in [2.75, 3.05) is 7.11 Å². The van der Waals surface area contributed by atoms with Crippen molar-refractivity contribution in [3.8, 4) is 5.88 Å². The van der Waals surface area contributed by atoms with Crippen molar-refractivity contribution < 1.29 is 22.1 Å². The van der Waals surface area contributed by atoms with Crippen LogP contribution in [0.15, 0.2) is 47.5 Å². The van der Waals surface area contributed by atoms with Crippen molar-refractivity contribution in [1.29, 1.82) is 0 Å². The molecule has 0 radical (unpaired) electrons. The predicted octanol–water partition coefficient (Wildman–Crippen LogP) is 1.94. The van der Waals surface area contributed by atoms with Crippen LogP contribution < -0.4 is 4.18 Å². The van der Waals surface area contributed by atoms with Crippen molar-refractivity contribution in [1.82, 2.24) is 4.98 Å². The molecule has 2 rings (SSSR count). The molecule has 7 heteroatoms. The molecule has 0 aliphatic rings. The number of carbonyl (C=O) groups is 1. The van der Waals surface area contributed by atoms with E-state index >= 15 is 0 Å². The van der Waals surface area contributed by atoms with Crippen molar-refractivity contribution in [2.24, 2.45) is 0 Å². The summed E-state index contributed by atoms with van der Waals surface area (Å²) in [7, 11) is -2.70. The predicted molar refractivity (Wildman–Crippen MR) is 74.6 cm³/mol. The topological polar surface area (TPSA) is 82.6 Å². The molecule has 0 fully saturated rings. The zero-order chi connectivity index (χ0) is 15.5. The monoisotopic (exact) mass is 307 g/mol. The Bertz CT molecular complexity index is 736. The molecule has 0 aliphatic heterocycles. The van der Waals surface area contributed by atoms with Gasteiger partial charge < -0.3 is 8.92 Å². The van der Waals surface area contributed by atoms with Crippen molar-refractivity contribution >= 4 is 16.1 Å². The minimum atomic E-state index is -3.95. The Kier molecular flexibility index (Phi) is 4.23. The van der Waals surface area contributed by atoms with Crippen LogP contribution in [0.4, 0.5) is 0 Å². The Morgan fingerprint density at radius 2 is 1.76 bits per heavy atom. The molecule has 0 N–H and O–H groups in total. The standard InChI is InChI=1S/C14H13NO5S/c1-10-3-6-12(7-4-10)21(17,18)20-13-8-5-11(9-15-13)14(16)19-2/h3-9H,1-2H3. The molecule has 110 valence electrons. The molecule has 21 heavy (non-hydrogen) atoms. The number of aryl methyl sites for hydroxylation is 1. The van der Waals surface area contributed by atoms with Gasteiger partial charge in [0.05, 0.1) is 12.7 Å². The van der Waals surface area contributed by atoms with Gasteiger partial charge >= 0.3 is 16.1 Å². The molecule has 1 heterocycles.